The summed E-state index contributed by atoms with van der Waals surface area (Å²) in [6.07, 6.45) is -3.25. The standard InChI is InChI=1S/C30H17F9O/c1-2-3-16-5-9-21(23(32)10-16)19-8-7-18(22(31)13-19)6-4-17-11-24(33)28(25(34)12-17)30(38,39)40-20-14-26(35)29(37)27(36)15-20/h5,7-15H,2-3H2,1H3. The summed E-state index contributed by atoms with van der Waals surface area (Å²) in [4.78, 5) is 0. The largest absolute Gasteiger partial charge is 0.432 e. The zero-order chi connectivity index (χ0) is 29.2. The Labute approximate surface area is 222 Å². The van der Waals surface area contributed by atoms with Crippen molar-refractivity contribution in [1.29, 1.82) is 0 Å². The molecule has 0 aliphatic heterocycles. The van der Waals surface area contributed by atoms with Crippen LogP contribution in [0.1, 0.15) is 35.6 Å². The highest BCUT2D eigenvalue weighted by atomic mass is 19.3. The molecule has 40 heavy (non-hydrogen) atoms. The fourth-order valence-corrected chi connectivity index (χ4v) is 3.87. The van der Waals surface area contributed by atoms with E-state index in [9.17, 15) is 39.5 Å². The summed E-state index contributed by atoms with van der Waals surface area (Å²) in [6.45, 7) is 1.95. The highest BCUT2D eigenvalue weighted by Crippen LogP contribution is 2.36. The van der Waals surface area contributed by atoms with Crippen molar-refractivity contribution in [2.24, 2.45) is 0 Å². The van der Waals surface area contributed by atoms with E-state index in [0.717, 1.165) is 18.1 Å². The second-order valence-electron chi connectivity index (χ2n) is 8.64. The molecular formula is C30H17F9O. The molecule has 0 heterocycles. The average Bonchev–Trinajstić information content (AvgIpc) is 2.86. The third-order valence-electron chi connectivity index (χ3n) is 5.73. The molecule has 206 valence electrons. The zero-order valence-electron chi connectivity index (χ0n) is 20.5. The normalized spacial score (nSPS) is 11.2. The minimum absolute atomic E-state index is 0.0810. The van der Waals surface area contributed by atoms with Crippen molar-refractivity contribution in [3.05, 3.63) is 124 Å². The van der Waals surface area contributed by atoms with Crippen molar-refractivity contribution in [3.63, 3.8) is 0 Å². The number of alkyl halides is 2. The first-order valence-corrected chi connectivity index (χ1v) is 11.7. The Morgan fingerprint density at radius 3 is 1.90 bits per heavy atom. The maximum Gasteiger partial charge on any atom is 0.432 e. The molecule has 0 aliphatic rings. The maximum atomic E-state index is 14.7. The number of ether oxygens (including phenoxy) is 1. The van der Waals surface area contributed by atoms with E-state index >= 15 is 0 Å². The molecule has 10 heteroatoms. The van der Waals surface area contributed by atoms with Gasteiger partial charge in [-0.15, -0.1) is 0 Å². The van der Waals surface area contributed by atoms with Crippen LogP contribution >= 0.6 is 0 Å². The number of benzene rings is 4. The Kier molecular flexibility index (Phi) is 8.14. The van der Waals surface area contributed by atoms with E-state index in [1.165, 1.54) is 24.3 Å². The van der Waals surface area contributed by atoms with Crippen LogP contribution in [0.5, 0.6) is 5.75 Å². The van der Waals surface area contributed by atoms with Gasteiger partial charge in [0.05, 0.1) is 5.56 Å². The molecular weight excluding hydrogens is 547 g/mol. The van der Waals surface area contributed by atoms with E-state index in [-0.39, 0.29) is 28.8 Å². The van der Waals surface area contributed by atoms with Gasteiger partial charge in [0, 0.05) is 23.3 Å². The summed E-state index contributed by atoms with van der Waals surface area (Å²) in [7, 11) is 0. The van der Waals surface area contributed by atoms with Crippen molar-refractivity contribution >= 4 is 0 Å². The first kappa shape index (κ1) is 28.6. The molecule has 0 bridgehead atoms. The lowest BCUT2D eigenvalue weighted by atomic mass is 10.00. The molecule has 0 atom stereocenters. The van der Waals surface area contributed by atoms with E-state index in [2.05, 4.69) is 16.6 Å². The van der Waals surface area contributed by atoms with Crippen molar-refractivity contribution in [2.75, 3.05) is 0 Å². The minimum Gasteiger partial charge on any atom is -0.429 e. The Morgan fingerprint density at radius 2 is 1.32 bits per heavy atom. The quantitative estimate of drug-likeness (QED) is 0.129. The molecule has 4 aromatic carbocycles. The minimum atomic E-state index is -4.76. The molecule has 0 radical (unpaired) electrons. The summed E-state index contributed by atoms with van der Waals surface area (Å²) in [6, 6.07) is 9.28. The van der Waals surface area contributed by atoms with Crippen LogP contribution in [0.2, 0.25) is 0 Å². The molecule has 0 aliphatic carbocycles. The van der Waals surface area contributed by atoms with Crippen molar-refractivity contribution in [3.8, 4) is 28.7 Å². The van der Waals surface area contributed by atoms with Gasteiger partial charge in [-0.3, -0.25) is 0 Å². The first-order chi connectivity index (χ1) is 18.9. The SMILES string of the molecule is CCCc1ccc(-c2ccc(C#Cc3cc(F)c(C(F)(F)Oc4cc(F)c(F)c(F)c4)c(F)c3)c(F)c2)c(F)c1. The number of rotatable bonds is 6. The van der Waals surface area contributed by atoms with Gasteiger partial charge in [-0.05, 0) is 47.9 Å². The third-order valence-corrected chi connectivity index (χ3v) is 5.73. The fourth-order valence-electron chi connectivity index (χ4n) is 3.87. The van der Waals surface area contributed by atoms with Gasteiger partial charge in [0.25, 0.3) is 0 Å². The Hall–Kier alpha value is -4.39. The highest BCUT2D eigenvalue weighted by Gasteiger charge is 2.41. The van der Waals surface area contributed by atoms with Gasteiger partial charge in [-0.1, -0.05) is 43.4 Å². The third kappa shape index (κ3) is 6.09. The molecule has 0 fully saturated rings. The second kappa shape index (κ2) is 11.4. The number of aryl methyl sites for hydroxylation is 1. The van der Waals surface area contributed by atoms with E-state index in [1.807, 2.05) is 6.92 Å². The number of hydrogen-bond acceptors (Lipinski definition) is 1. The predicted molar refractivity (Wildman–Crippen MR) is 129 cm³/mol. The lowest BCUT2D eigenvalue weighted by Crippen LogP contribution is -2.25. The van der Waals surface area contributed by atoms with Crippen LogP contribution in [0.3, 0.4) is 0 Å². The van der Waals surface area contributed by atoms with Crippen molar-refractivity contribution < 1.29 is 44.3 Å². The van der Waals surface area contributed by atoms with E-state index < -0.39 is 63.7 Å². The summed E-state index contributed by atoms with van der Waals surface area (Å²) < 4.78 is 131. The summed E-state index contributed by atoms with van der Waals surface area (Å²) in [5.41, 5.74) is -1.38. The molecule has 0 amide bonds. The van der Waals surface area contributed by atoms with Crippen LogP contribution in [-0.4, -0.2) is 0 Å². The smallest absolute Gasteiger partial charge is 0.429 e. The van der Waals surface area contributed by atoms with Gasteiger partial charge < -0.3 is 4.74 Å². The summed E-state index contributed by atoms with van der Waals surface area (Å²) in [5.74, 6) is -7.34. The maximum absolute atomic E-state index is 14.7. The average molecular weight is 564 g/mol. The van der Waals surface area contributed by atoms with Crippen LogP contribution < -0.4 is 4.74 Å². The van der Waals surface area contributed by atoms with Crippen molar-refractivity contribution in [1.82, 2.24) is 0 Å². The Bertz CT molecular complexity index is 1610. The lowest BCUT2D eigenvalue weighted by molar-refractivity contribution is -0.189. The molecule has 1 nitrogen and oxygen atoms in total. The molecule has 0 spiro atoms. The lowest BCUT2D eigenvalue weighted by Gasteiger charge is -2.19. The number of halogens is 9. The van der Waals surface area contributed by atoms with Gasteiger partial charge in [0.1, 0.15) is 34.6 Å². The molecule has 0 saturated carbocycles. The second-order valence-corrected chi connectivity index (χ2v) is 8.64. The molecule has 0 saturated heterocycles. The predicted octanol–water partition coefficient (Wildman–Crippen LogP) is 8.81. The molecule has 0 aromatic heterocycles. The monoisotopic (exact) mass is 564 g/mol. The van der Waals surface area contributed by atoms with E-state index in [1.54, 1.807) is 6.07 Å². The van der Waals surface area contributed by atoms with Crippen LogP contribution in [0.25, 0.3) is 11.1 Å². The van der Waals surface area contributed by atoms with Gasteiger partial charge in [0.15, 0.2) is 17.5 Å². The summed E-state index contributed by atoms with van der Waals surface area (Å²) in [5, 5.41) is 0. The van der Waals surface area contributed by atoms with E-state index in [4.69, 9.17) is 0 Å². The number of hydrogen-bond donors (Lipinski definition) is 0. The van der Waals surface area contributed by atoms with Crippen LogP contribution in [-0.2, 0) is 12.5 Å². The van der Waals surface area contributed by atoms with Crippen LogP contribution in [0.15, 0.2) is 60.7 Å². The van der Waals surface area contributed by atoms with Gasteiger partial charge in [-0.25, -0.2) is 30.7 Å². The Morgan fingerprint density at radius 1 is 0.675 bits per heavy atom. The Balaban J connectivity index is 1.58. The zero-order valence-corrected chi connectivity index (χ0v) is 20.5. The van der Waals surface area contributed by atoms with Gasteiger partial charge in [0.2, 0.25) is 0 Å². The molecule has 4 rings (SSSR count). The van der Waals surface area contributed by atoms with Gasteiger partial charge in [-0.2, -0.15) is 8.78 Å². The van der Waals surface area contributed by atoms with Crippen LogP contribution in [0, 0.1) is 52.6 Å². The first-order valence-electron chi connectivity index (χ1n) is 11.7. The van der Waals surface area contributed by atoms with Crippen LogP contribution in [0.4, 0.5) is 39.5 Å². The fraction of sp³-hybridized carbons (Fsp3) is 0.133. The van der Waals surface area contributed by atoms with Crippen molar-refractivity contribution in [2.45, 2.75) is 25.9 Å². The topological polar surface area (TPSA) is 9.23 Å². The summed E-state index contributed by atoms with van der Waals surface area (Å²) >= 11 is 0. The molecule has 0 N–H and O–H groups in total. The van der Waals surface area contributed by atoms with Gasteiger partial charge >= 0.3 is 6.11 Å². The molecule has 0 unspecified atom stereocenters. The molecule has 4 aromatic rings. The van der Waals surface area contributed by atoms with E-state index in [0.29, 0.717) is 18.6 Å². The highest BCUT2D eigenvalue weighted by molar-refractivity contribution is 5.66.